The predicted molar refractivity (Wildman–Crippen MR) is 94.1 cm³/mol. The van der Waals surface area contributed by atoms with Crippen LogP contribution in [0.4, 0.5) is 19.0 Å². The fraction of sp³-hybridized carbons (Fsp3) is 0.235. The molecule has 1 unspecified atom stereocenters. The van der Waals surface area contributed by atoms with Crippen LogP contribution < -0.4 is 15.4 Å². The maximum Gasteiger partial charge on any atom is 0.441 e. The summed E-state index contributed by atoms with van der Waals surface area (Å²) in [7, 11) is 2.01. The van der Waals surface area contributed by atoms with E-state index in [4.69, 9.17) is 16.3 Å². The van der Waals surface area contributed by atoms with E-state index in [1.54, 1.807) is 5.32 Å². The van der Waals surface area contributed by atoms with E-state index < -0.39 is 23.7 Å². The number of anilines is 1. The molecular formula is C17H15ClF3N3O4. The lowest BCUT2D eigenvalue weighted by molar-refractivity contribution is -0.203. The summed E-state index contributed by atoms with van der Waals surface area (Å²) in [5, 5.41) is 3.75. The third kappa shape index (κ3) is 4.28. The number of carbonyl (C=O) groups excluding carboxylic acids is 2. The molecule has 1 atom stereocenters. The van der Waals surface area contributed by atoms with E-state index in [2.05, 4.69) is 9.72 Å². The van der Waals surface area contributed by atoms with Crippen molar-refractivity contribution in [3.8, 4) is 5.75 Å². The molecule has 1 aromatic heterocycles. The Morgan fingerprint density at radius 2 is 1.79 bits per heavy atom. The van der Waals surface area contributed by atoms with Gasteiger partial charge in [-0.05, 0) is 24.3 Å². The Balaban J connectivity index is 2.51. The van der Waals surface area contributed by atoms with Gasteiger partial charge in [0.2, 0.25) is 0 Å². The Hall–Kier alpha value is -3.01. The van der Waals surface area contributed by atoms with Crippen molar-refractivity contribution in [2.24, 2.45) is 0 Å². The van der Waals surface area contributed by atoms with Gasteiger partial charge in [-0.2, -0.15) is 13.2 Å². The van der Waals surface area contributed by atoms with Crippen LogP contribution in [0.3, 0.4) is 0 Å². The molecule has 1 heterocycles. The van der Waals surface area contributed by atoms with Crippen LogP contribution in [0, 0.1) is 0 Å². The quantitative estimate of drug-likeness (QED) is 0.555. The van der Waals surface area contributed by atoms with Crippen LogP contribution in [0.25, 0.3) is 0 Å². The summed E-state index contributed by atoms with van der Waals surface area (Å²) in [4.78, 5) is 28.4. The summed E-state index contributed by atoms with van der Waals surface area (Å²) in [5.74, 6) is -3.36. The fourth-order valence-corrected chi connectivity index (χ4v) is 2.37. The third-order valence-electron chi connectivity index (χ3n) is 3.61. The second-order valence-corrected chi connectivity index (χ2v) is 5.82. The summed E-state index contributed by atoms with van der Waals surface area (Å²) in [5.41, 5.74) is -3.83. The lowest BCUT2D eigenvalue weighted by atomic mass is 10.1. The highest BCUT2D eigenvalue weighted by Gasteiger charge is 2.63. The number of hydrogen-bond acceptors (Lipinski definition) is 6. The van der Waals surface area contributed by atoms with E-state index in [-0.39, 0.29) is 22.2 Å². The maximum atomic E-state index is 14.0. The Morgan fingerprint density at radius 3 is 2.32 bits per heavy atom. The van der Waals surface area contributed by atoms with Crippen molar-refractivity contribution in [3.63, 3.8) is 0 Å². The molecule has 0 spiro atoms. The zero-order chi connectivity index (χ0) is 20.9. The van der Waals surface area contributed by atoms with Crippen molar-refractivity contribution < 1.29 is 32.2 Å². The number of hydrogen-bond donors (Lipinski definition) is 2. The molecule has 0 radical (unpaired) electrons. The highest BCUT2D eigenvalue weighted by molar-refractivity contribution is 6.30. The number of aromatic nitrogens is 1. The molecule has 0 aliphatic rings. The molecule has 0 saturated carbocycles. The average molecular weight is 418 g/mol. The molecule has 2 N–H and O–H groups in total. The molecule has 0 saturated heterocycles. The SMILES string of the molecule is COC(=O)C(NC(=O)c1ccccc1OC)(Nc1ccc(Cl)cn1)C(F)(F)F. The van der Waals surface area contributed by atoms with Gasteiger partial charge in [-0.1, -0.05) is 23.7 Å². The molecule has 150 valence electrons. The minimum Gasteiger partial charge on any atom is -0.496 e. The molecule has 7 nitrogen and oxygen atoms in total. The lowest BCUT2D eigenvalue weighted by Gasteiger charge is -2.34. The number of nitrogens with one attached hydrogen (secondary N) is 2. The summed E-state index contributed by atoms with van der Waals surface area (Å²) >= 11 is 5.67. The van der Waals surface area contributed by atoms with E-state index in [0.29, 0.717) is 0 Å². The van der Waals surface area contributed by atoms with Gasteiger partial charge in [0.25, 0.3) is 5.91 Å². The van der Waals surface area contributed by atoms with Crippen LogP contribution in [0.1, 0.15) is 10.4 Å². The number of carbonyl (C=O) groups is 2. The van der Waals surface area contributed by atoms with Crippen LogP contribution in [-0.2, 0) is 9.53 Å². The normalized spacial score (nSPS) is 13.2. The van der Waals surface area contributed by atoms with Gasteiger partial charge >= 0.3 is 17.8 Å². The van der Waals surface area contributed by atoms with Crippen LogP contribution in [0.2, 0.25) is 5.02 Å². The second kappa shape index (κ2) is 8.34. The third-order valence-corrected chi connectivity index (χ3v) is 3.84. The largest absolute Gasteiger partial charge is 0.496 e. The van der Waals surface area contributed by atoms with Crippen LogP contribution in [0.5, 0.6) is 5.75 Å². The van der Waals surface area contributed by atoms with Crippen molar-refractivity contribution in [1.82, 2.24) is 10.3 Å². The molecule has 0 fully saturated rings. The van der Waals surface area contributed by atoms with Gasteiger partial charge in [0.05, 0.1) is 24.8 Å². The zero-order valence-electron chi connectivity index (χ0n) is 14.6. The summed E-state index contributed by atoms with van der Waals surface area (Å²) in [6, 6.07) is 7.96. The highest BCUT2D eigenvalue weighted by atomic mass is 35.5. The summed E-state index contributed by atoms with van der Waals surface area (Å²) in [6.45, 7) is 0. The van der Waals surface area contributed by atoms with Crippen molar-refractivity contribution in [2.45, 2.75) is 11.8 Å². The zero-order valence-corrected chi connectivity index (χ0v) is 15.4. The molecule has 1 amide bonds. The van der Waals surface area contributed by atoms with Gasteiger partial charge in [-0.3, -0.25) is 4.79 Å². The summed E-state index contributed by atoms with van der Waals surface area (Å²) < 4.78 is 51.2. The number of pyridine rings is 1. The number of rotatable bonds is 6. The number of benzene rings is 1. The average Bonchev–Trinajstić information content (AvgIpc) is 2.67. The van der Waals surface area contributed by atoms with Gasteiger partial charge in [0, 0.05) is 6.20 Å². The topological polar surface area (TPSA) is 89.5 Å². The van der Waals surface area contributed by atoms with E-state index in [0.717, 1.165) is 19.4 Å². The first-order chi connectivity index (χ1) is 13.1. The molecule has 0 aliphatic heterocycles. The van der Waals surface area contributed by atoms with Crippen molar-refractivity contribution in [1.29, 1.82) is 0 Å². The molecule has 0 aliphatic carbocycles. The lowest BCUT2D eigenvalue weighted by Crippen LogP contribution is -2.69. The van der Waals surface area contributed by atoms with E-state index >= 15 is 0 Å². The van der Waals surface area contributed by atoms with Gasteiger partial charge in [-0.15, -0.1) is 0 Å². The van der Waals surface area contributed by atoms with Crippen LogP contribution in [0.15, 0.2) is 42.6 Å². The molecule has 2 aromatic rings. The minimum absolute atomic E-state index is 0.0190. The maximum absolute atomic E-state index is 14.0. The van der Waals surface area contributed by atoms with Crippen LogP contribution in [-0.4, -0.2) is 42.9 Å². The van der Waals surface area contributed by atoms with Gasteiger partial charge in [0.15, 0.2) is 0 Å². The predicted octanol–water partition coefficient (Wildman–Crippen LogP) is 3.02. The van der Waals surface area contributed by atoms with Gasteiger partial charge in [-0.25, -0.2) is 9.78 Å². The van der Waals surface area contributed by atoms with Crippen molar-refractivity contribution in [3.05, 3.63) is 53.2 Å². The molecular weight excluding hydrogens is 403 g/mol. The Labute approximate surface area is 162 Å². The number of nitrogens with zero attached hydrogens (tertiary/aromatic N) is 1. The number of amides is 1. The number of alkyl halides is 3. The van der Waals surface area contributed by atoms with E-state index in [1.807, 2.05) is 5.32 Å². The van der Waals surface area contributed by atoms with Crippen molar-refractivity contribution >= 4 is 29.3 Å². The number of halogens is 4. The number of methoxy groups -OCH3 is 2. The molecule has 0 bridgehead atoms. The van der Waals surface area contributed by atoms with Crippen LogP contribution >= 0.6 is 11.6 Å². The first-order valence-corrected chi connectivity index (χ1v) is 8.03. The first kappa shape index (κ1) is 21.3. The van der Waals surface area contributed by atoms with Crippen molar-refractivity contribution in [2.75, 3.05) is 19.5 Å². The van der Waals surface area contributed by atoms with Gasteiger partial charge in [0.1, 0.15) is 11.6 Å². The number of ether oxygens (including phenoxy) is 2. The Kier molecular flexibility index (Phi) is 6.34. The first-order valence-electron chi connectivity index (χ1n) is 7.65. The monoisotopic (exact) mass is 417 g/mol. The second-order valence-electron chi connectivity index (χ2n) is 5.38. The van der Waals surface area contributed by atoms with E-state index in [1.165, 1.54) is 37.4 Å². The highest BCUT2D eigenvalue weighted by Crippen LogP contribution is 2.33. The molecule has 2 rings (SSSR count). The smallest absolute Gasteiger partial charge is 0.441 e. The Bertz CT molecular complexity index is 861. The summed E-state index contributed by atoms with van der Waals surface area (Å²) in [6.07, 6.45) is -4.22. The molecule has 11 heteroatoms. The fourth-order valence-electron chi connectivity index (χ4n) is 2.26. The number of esters is 1. The standard InChI is InChI=1S/C17H15ClF3N3O4/c1-27-12-6-4-3-5-11(12)14(25)24-16(15(26)28-2,17(19,20)21)23-13-8-7-10(18)9-22-13/h3-9H,1-2H3,(H,22,23)(H,24,25). The Morgan fingerprint density at radius 1 is 1.11 bits per heavy atom. The molecule has 28 heavy (non-hydrogen) atoms. The number of para-hydroxylation sites is 1. The van der Waals surface area contributed by atoms with Gasteiger partial charge < -0.3 is 20.1 Å². The molecule has 1 aromatic carbocycles. The van der Waals surface area contributed by atoms with E-state index in [9.17, 15) is 22.8 Å². The minimum atomic E-state index is -5.29.